The third-order valence-corrected chi connectivity index (χ3v) is 5.48. The number of carboxylic acids is 1. The lowest BCUT2D eigenvalue weighted by Gasteiger charge is -2.49. The molecule has 3 atom stereocenters. The fourth-order valence-corrected chi connectivity index (χ4v) is 4.31. The summed E-state index contributed by atoms with van der Waals surface area (Å²) in [5, 5.41) is 14.9. The highest BCUT2D eigenvalue weighted by Crippen LogP contribution is 2.40. The molecule has 2 aliphatic heterocycles. The maximum Gasteiger partial charge on any atom is 0.352 e. The van der Waals surface area contributed by atoms with Gasteiger partial charge in [0.15, 0.2) is 5.13 Å². The number of rotatable bonds is 5. The smallest absolute Gasteiger partial charge is 0.352 e. The van der Waals surface area contributed by atoms with Crippen LogP contribution < -0.4 is 11.1 Å². The number of aromatic nitrogens is 2. The molecule has 0 aliphatic carbocycles. The molecule has 3 rings (SSSR count). The molecule has 11 nitrogen and oxygen atoms in total. The third kappa shape index (κ3) is 3.10. The van der Waals surface area contributed by atoms with E-state index in [1.807, 2.05) is 6.92 Å². The van der Waals surface area contributed by atoms with Gasteiger partial charge in [-0.25, -0.2) is 4.79 Å². The zero-order valence-corrected chi connectivity index (χ0v) is 15.2. The Bertz CT molecular complexity index is 837. The molecule has 2 amide bonds. The number of β-lactam (4-membered cyclic amide) rings is 1. The second-order valence-electron chi connectivity index (χ2n) is 5.33. The van der Waals surface area contributed by atoms with Gasteiger partial charge in [0.05, 0.1) is 0 Å². The molecule has 1 aromatic rings. The molecule has 138 valence electrons. The van der Waals surface area contributed by atoms with Crippen molar-refractivity contribution in [1.82, 2.24) is 19.6 Å². The summed E-state index contributed by atoms with van der Waals surface area (Å²) in [6.45, 7) is 1.81. The minimum atomic E-state index is -1.19. The van der Waals surface area contributed by atoms with Crippen LogP contribution in [-0.4, -0.2) is 66.6 Å². The van der Waals surface area contributed by atoms with Crippen molar-refractivity contribution in [2.75, 3.05) is 12.8 Å². The van der Waals surface area contributed by atoms with Crippen LogP contribution in [0.1, 0.15) is 12.7 Å². The van der Waals surface area contributed by atoms with Gasteiger partial charge >= 0.3 is 5.97 Å². The van der Waals surface area contributed by atoms with Crippen molar-refractivity contribution in [2.45, 2.75) is 23.6 Å². The lowest BCUT2D eigenvalue weighted by molar-refractivity contribution is -0.150. The van der Waals surface area contributed by atoms with Crippen molar-refractivity contribution >= 4 is 51.9 Å². The summed E-state index contributed by atoms with van der Waals surface area (Å²) in [7, 11) is 1.25. The van der Waals surface area contributed by atoms with Gasteiger partial charge in [-0.05, 0) is 13.0 Å². The van der Waals surface area contributed by atoms with Crippen LogP contribution in [0.5, 0.6) is 0 Å². The summed E-state index contributed by atoms with van der Waals surface area (Å²) in [4.78, 5) is 45.9. The van der Waals surface area contributed by atoms with Gasteiger partial charge < -0.3 is 21.0 Å². The van der Waals surface area contributed by atoms with Crippen LogP contribution in [0.3, 0.4) is 0 Å². The average Bonchev–Trinajstić information content (AvgIpc) is 3.02. The predicted molar refractivity (Wildman–Crippen MR) is 93.2 cm³/mol. The van der Waals surface area contributed by atoms with Gasteiger partial charge in [0, 0.05) is 16.8 Å². The summed E-state index contributed by atoms with van der Waals surface area (Å²) in [6.07, 6.45) is 1.50. The second-order valence-corrected chi connectivity index (χ2v) is 7.61. The van der Waals surface area contributed by atoms with Crippen molar-refractivity contribution in [1.29, 1.82) is 0 Å². The Hall–Kier alpha value is -2.67. The van der Waals surface area contributed by atoms with Crippen molar-refractivity contribution in [2.24, 2.45) is 5.16 Å². The van der Waals surface area contributed by atoms with Crippen LogP contribution in [-0.2, 0) is 19.2 Å². The van der Waals surface area contributed by atoms with E-state index in [0.29, 0.717) is 0 Å². The number of carbonyl (C=O) groups is 3. The molecular weight excluding hydrogens is 384 g/mol. The average molecular weight is 398 g/mol. The van der Waals surface area contributed by atoms with E-state index in [9.17, 15) is 19.5 Å². The predicted octanol–water partition coefficient (Wildman–Crippen LogP) is -0.772. The molecule has 2 aliphatic rings. The summed E-state index contributed by atoms with van der Waals surface area (Å²) < 4.78 is 3.90. The van der Waals surface area contributed by atoms with Crippen molar-refractivity contribution < 1.29 is 24.3 Å². The van der Waals surface area contributed by atoms with E-state index in [4.69, 9.17) is 5.73 Å². The highest BCUT2D eigenvalue weighted by atomic mass is 32.2. The summed E-state index contributed by atoms with van der Waals surface area (Å²) >= 11 is 2.25. The molecule has 4 N–H and O–H groups in total. The molecule has 26 heavy (non-hydrogen) atoms. The van der Waals surface area contributed by atoms with Gasteiger partial charge in [-0.2, -0.15) is 9.36 Å². The van der Waals surface area contributed by atoms with Gasteiger partial charge in [0.1, 0.15) is 24.2 Å². The fraction of sp³-hybridized carbons (Fsp3) is 0.385. The number of nitrogen functional groups attached to an aromatic ring is 1. The molecular formula is C13H14N6O5S2. The first kappa shape index (κ1) is 18.1. The quantitative estimate of drug-likeness (QED) is 0.328. The SMILES string of the molecule is CON=C(C(=O)NC1C(=O)N2C(C(=O)O)=CC(C)S[C@@H]12)c1nsc(N)n1. The van der Waals surface area contributed by atoms with E-state index < -0.39 is 29.2 Å². The van der Waals surface area contributed by atoms with Crippen LogP contribution in [0.15, 0.2) is 16.9 Å². The summed E-state index contributed by atoms with van der Waals surface area (Å²) in [5.41, 5.74) is 5.20. The van der Waals surface area contributed by atoms with Crippen molar-refractivity contribution in [3.63, 3.8) is 0 Å². The zero-order chi connectivity index (χ0) is 19.0. The first-order chi connectivity index (χ1) is 12.3. The maximum absolute atomic E-state index is 12.5. The largest absolute Gasteiger partial charge is 0.477 e. The van der Waals surface area contributed by atoms with E-state index in [-0.39, 0.29) is 27.6 Å². The maximum atomic E-state index is 12.5. The minimum Gasteiger partial charge on any atom is -0.477 e. The monoisotopic (exact) mass is 398 g/mol. The van der Waals surface area contributed by atoms with Gasteiger partial charge in [-0.15, -0.1) is 11.8 Å². The van der Waals surface area contributed by atoms with E-state index in [1.54, 1.807) is 0 Å². The van der Waals surface area contributed by atoms with Crippen LogP contribution in [0.4, 0.5) is 5.13 Å². The zero-order valence-electron chi connectivity index (χ0n) is 13.6. The first-order valence-corrected chi connectivity index (χ1v) is 9.00. The number of carboxylic acid groups (broad SMARTS) is 1. The second kappa shape index (κ2) is 6.92. The molecule has 1 fully saturated rings. The van der Waals surface area contributed by atoms with Crippen LogP contribution in [0, 0.1) is 0 Å². The lowest BCUT2D eigenvalue weighted by atomic mass is 10.0. The number of thioether (sulfide) groups is 1. The standard InChI is InChI=1S/C13H14N6O5S2/c1-4-3-5(12(22)23)19-10(21)7(11(19)25-4)15-9(20)6(17-24-2)8-16-13(14)26-18-8/h3-4,7,11H,1-2H3,(H,15,20)(H,22,23)(H2,14,16,18)/t4?,7?,11-/m0/s1. The third-order valence-electron chi connectivity index (χ3n) is 3.61. The fourth-order valence-electron chi connectivity index (χ4n) is 2.54. The number of fused-ring (bicyclic) bond motifs is 1. The Morgan fingerprint density at radius 3 is 2.81 bits per heavy atom. The summed E-state index contributed by atoms with van der Waals surface area (Å²) in [6, 6.07) is -0.893. The number of hydrogen-bond acceptors (Lipinski definition) is 10. The lowest BCUT2D eigenvalue weighted by Crippen LogP contribution is -2.71. The number of aliphatic carboxylic acids is 1. The number of nitrogens with one attached hydrogen (secondary N) is 1. The molecule has 0 spiro atoms. The number of carbonyl (C=O) groups excluding carboxylic acids is 2. The molecule has 1 saturated heterocycles. The molecule has 2 unspecified atom stereocenters. The topological polar surface area (TPSA) is 160 Å². The number of oxime groups is 1. The Balaban J connectivity index is 1.78. The Morgan fingerprint density at radius 2 is 2.23 bits per heavy atom. The summed E-state index contributed by atoms with van der Waals surface area (Å²) in [5.74, 6) is -2.45. The minimum absolute atomic E-state index is 0.0220. The van der Waals surface area contributed by atoms with Crippen LogP contribution in [0.25, 0.3) is 0 Å². The van der Waals surface area contributed by atoms with Crippen molar-refractivity contribution in [3.8, 4) is 0 Å². The van der Waals surface area contributed by atoms with Gasteiger partial charge in [0.2, 0.25) is 11.5 Å². The highest BCUT2D eigenvalue weighted by molar-refractivity contribution is 8.00. The van der Waals surface area contributed by atoms with E-state index in [1.165, 1.54) is 24.9 Å². The Labute approximate surface area is 155 Å². The van der Waals surface area contributed by atoms with E-state index in [0.717, 1.165) is 16.4 Å². The first-order valence-electron chi connectivity index (χ1n) is 7.28. The highest BCUT2D eigenvalue weighted by Gasteiger charge is 2.54. The van der Waals surface area contributed by atoms with Crippen LogP contribution in [0.2, 0.25) is 0 Å². The van der Waals surface area contributed by atoms with Gasteiger partial charge in [0.25, 0.3) is 11.8 Å². The number of hydrogen-bond donors (Lipinski definition) is 3. The number of anilines is 1. The molecule has 0 aromatic carbocycles. The van der Waals surface area contributed by atoms with Gasteiger partial charge in [-0.1, -0.05) is 5.16 Å². The molecule has 3 heterocycles. The number of nitrogens with zero attached hydrogens (tertiary/aromatic N) is 4. The van der Waals surface area contributed by atoms with Crippen LogP contribution >= 0.6 is 23.3 Å². The van der Waals surface area contributed by atoms with E-state index >= 15 is 0 Å². The Morgan fingerprint density at radius 1 is 1.50 bits per heavy atom. The Kier molecular flexibility index (Phi) is 4.82. The number of nitrogens with two attached hydrogens (primary N) is 1. The molecule has 0 radical (unpaired) electrons. The van der Waals surface area contributed by atoms with E-state index in [2.05, 4.69) is 24.7 Å². The molecule has 0 bridgehead atoms. The molecule has 13 heteroatoms. The molecule has 1 aromatic heterocycles. The normalized spacial score (nSPS) is 25.1. The van der Waals surface area contributed by atoms with Crippen molar-refractivity contribution in [3.05, 3.63) is 17.6 Å². The number of amides is 2. The molecule has 0 saturated carbocycles. The van der Waals surface area contributed by atoms with Gasteiger partial charge in [-0.3, -0.25) is 14.5 Å².